The van der Waals surface area contributed by atoms with E-state index < -0.39 is 34.0 Å². The van der Waals surface area contributed by atoms with Crippen molar-refractivity contribution >= 4 is 16.1 Å². The van der Waals surface area contributed by atoms with Crippen LogP contribution in [0.1, 0.15) is 41.6 Å². The van der Waals surface area contributed by atoms with Gasteiger partial charge in [0, 0.05) is 12.1 Å². The van der Waals surface area contributed by atoms with Crippen LogP contribution < -0.4 is 5.43 Å². The molecule has 2 N–H and O–H groups in total. The Morgan fingerprint density at radius 3 is 2.50 bits per heavy atom. The number of halogens is 1. The van der Waals surface area contributed by atoms with Gasteiger partial charge in [0.15, 0.2) is 0 Å². The van der Waals surface area contributed by atoms with Crippen LogP contribution in [-0.4, -0.2) is 48.9 Å². The molecule has 24 heavy (non-hydrogen) atoms. The van der Waals surface area contributed by atoms with Crippen LogP contribution in [0, 0.1) is 6.92 Å². The number of rotatable bonds is 6. The summed E-state index contributed by atoms with van der Waals surface area (Å²) in [5.74, 6) is -1.14. The van der Waals surface area contributed by atoms with E-state index in [0.717, 1.165) is 18.4 Å². The van der Waals surface area contributed by atoms with Gasteiger partial charge in [0.25, 0.3) is 5.91 Å². The zero-order valence-corrected chi connectivity index (χ0v) is 14.4. The van der Waals surface area contributed by atoms with E-state index >= 15 is 0 Å². The molecule has 1 aromatic rings. The molecule has 0 unspecified atom stereocenters. The Hall–Kier alpha value is -1.51. The summed E-state index contributed by atoms with van der Waals surface area (Å²) in [5.41, 5.74) is 4.05. The lowest BCUT2D eigenvalue weighted by molar-refractivity contribution is -0.00153. The van der Waals surface area contributed by atoms with Crippen LogP contribution in [0.2, 0.25) is 0 Å². The summed E-state index contributed by atoms with van der Waals surface area (Å²) in [6.45, 7) is 1.69. The molecule has 0 spiro atoms. The molecule has 6 nitrogen and oxygen atoms in total. The third-order valence-electron chi connectivity index (χ3n) is 4.23. The van der Waals surface area contributed by atoms with Crippen molar-refractivity contribution in [3.05, 3.63) is 35.4 Å². The number of carbonyl (C=O) groups excluding carboxylic acids is 1. The van der Waals surface area contributed by atoms with Crippen molar-refractivity contribution in [2.75, 3.05) is 12.3 Å². The SMILES string of the molecule is Cc1ccc(C(=O)NN(CCS(=O)(=O)F)[C@H]2CCCC[C@@H]2O)cc1. The molecule has 8 heteroatoms. The number of benzene rings is 1. The molecule has 0 aromatic heterocycles. The van der Waals surface area contributed by atoms with Crippen LogP contribution in [0.25, 0.3) is 0 Å². The lowest BCUT2D eigenvalue weighted by Crippen LogP contribution is -2.55. The fraction of sp³-hybridized carbons (Fsp3) is 0.562. The van der Waals surface area contributed by atoms with Gasteiger partial charge in [-0.3, -0.25) is 10.2 Å². The zero-order chi connectivity index (χ0) is 17.7. The number of hydrogen-bond donors (Lipinski definition) is 2. The monoisotopic (exact) mass is 358 g/mol. The zero-order valence-electron chi connectivity index (χ0n) is 13.6. The van der Waals surface area contributed by atoms with Crippen molar-refractivity contribution < 1.29 is 22.2 Å². The summed E-state index contributed by atoms with van der Waals surface area (Å²) >= 11 is 0. The smallest absolute Gasteiger partial charge is 0.303 e. The number of aliphatic hydroxyl groups is 1. The molecule has 1 amide bonds. The number of hydrogen-bond acceptors (Lipinski definition) is 5. The third kappa shape index (κ3) is 5.54. The van der Waals surface area contributed by atoms with E-state index in [4.69, 9.17) is 0 Å². The van der Waals surface area contributed by atoms with Crippen LogP contribution in [0.3, 0.4) is 0 Å². The maximum Gasteiger partial charge on any atom is 0.303 e. The maximum absolute atomic E-state index is 12.9. The van der Waals surface area contributed by atoms with Crippen LogP contribution in [0.15, 0.2) is 24.3 Å². The molecule has 2 atom stereocenters. The van der Waals surface area contributed by atoms with E-state index in [0.29, 0.717) is 18.4 Å². The highest BCUT2D eigenvalue weighted by Crippen LogP contribution is 2.22. The summed E-state index contributed by atoms with van der Waals surface area (Å²) in [5, 5.41) is 11.5. The average molecular weight is 358 g/mol. The van der Waals surface area contributed by atoms with E-state index in [-0.39, 0.29) is 6.54 Å². The molecule has 2 rings (SSSR count). The second-order valence-corrected chi connectivity index (χ2v) is 7.65. The van der Waals surface area contributed by atoms with Gasteiger partial charge < -0.3 is 5.11 Å². The molecule has 0 heterocycles. The van der Waals surface area contributed by atoms with Gasteiger partial charge in [-0.15, -0.1) is 3.89 Å². The Balaban J connectivity index is 2.11. The largest absolute Gasteiger partial charge is 0.391 e. The third-order valence-corrected chi connectivity index (χ3v) is 4.90. The van der Waals surface area contributed by atoms with Crippen molar-refractivity contribution in [1.29, 1.82) is 0 Å². The first-order valence-electron chi connectivity index (χ1n) is 8.01. The Morgan fingerprint density at radius 2 is 1.92 bits per heavy atom. The summed E-state index contributed by atoms with van der Waals surface area (Å²) in [7, 11) is -4.66. The van der Waals surface area contributed by atoms with E-state index in [1.54, 1.807) is 24.3 Å². The lowest BCUT2D eigenvalue weighted by atomic mass is 9.92. The number of amides is 1. The number of aliphatic hydroxyl groups excluding tert-OH is 1. The first kappa shape index (κ1) is 18.8. The molecule has 1 aromatic carbocycles. The van der Waals surface area contributed by atoms with Crippen molar-refractivity contribution in [3.8, 4) is 0 Å². The van der Waals surface area contributed by atoms with Gasteiger partial charge in [0.05, 0.1) is 17.9 Å². The quantitative estimate of drug-likeness (QED) is 0.595. The Labute approximate surface area is 141 Å². The second-order valence-electron chi connectivity index (χ2n) is 6.16. The number of aryl methyl sites for hydroxylation is 1. The first-order chi connectivity index (χ1) is 11.3. The van der Waals surface area contributed by atoms with Crippen LogP contribution in [-0.2, 0) is 10.2 Å². The summed E-state index contributed by atoms with van der Waals surface area (Å²) < 4.78 is 34.5. The normalized spacial score (nSPS) is 21.7. The van der Waals surface area contributed by atoms with Gasteiger partial charge in [0.1, 0.15) is 0 Å². The highest BCUT2D eigenvalue weighted by atomic mass is 32.3. The molecule has 1 aliphatic rings. The molecule has 0 radical (unpaired) electrons. The Kier molecular flexibility index (Phi) is 6.31. The lowest BCUT2D eigenvalue weighted by Gasteiger charge is -2.37. The second kappa shape index (κ2) is 8.04. The molecule has 0 bridgehead atoms. The van der Waals surface area contributed by atoms with Crippen LogP contribution in [0.5, 0.6) is 0 Å². The molecule has 0 saturated heterocycles. The molecule has 0 aliphatic heterocycles. The molecule has 1 aliphatic carbocycles. The molecule has 1 fully saturated rings. The number of carbonyl (C=O) groups is 1. The number of hydrazine groups is 1. The maximum atomic E-state index is 12.9. The Morgan fingerprint density at radius 1 is 1.29 bits per heavy atom. The van der Waals surface area contributed by atoms with Gasteiger partial charge in [-0.05, 0) is 31.9 Å². The minimum atomic E-state index is -4.66. The topological polar surface area (TPSA) is 86.7 Å². The number of nitrogens with zero attached hydrogens (tertiary/aromatic N) is 1. The minimum absolute atomic E-state index is 0.210. The predicted octanol–water partition coefficient (Wildman–Crippen LogP) is 1.54. The summed E-state index contributed by atoms with van der Waals surface area (Å²) in [6.07, 6.45) is 2.24. The minimum Gasteiger partial charge on any atom is -0.391 e. The van der Waals surface area contributed by atoms with Crippen molar-refractivity contribution in [3.63, 3.8) is 0 Å². The Bertz CT molecular complexity index is 663. The molecular weight excluding hydrogens is 335 g/mol. The highest BCUT2D eigenvalue weighted by Gasteiger charge is 2.30. The summed E-state index contributed by atoms with van der Waals surface area (Å²) in [6, 6.07) is 6.48. The van der Waals surface area contributed by atoms with Crippen molar-refractivity contribution in [2.45, 2.75) is 44.8 Å². The average Bonchev–Trinajstić information content (AvgIpc) is 2.52. The highest BCUT2D eigenvalue weighted by molar-refractivity contribution is 7.86. The van der Waals surface area contributed by atoms with E-state index in [2.05, 4.69) is 5.43 Å². The van der Waals surface area contributed by atoms with Gasteiger partial charge in [-0.2, -0.15) is 8.42 Å². The molecule has 134 valence electrons. The first-order valence-corrected chi connectivity index (χ1v) is 9.56. The van der Waals surface area contributed by atoms with E-state index in [1.165, 1.54) is 5.01 Å². The van der Waals surface area contributed by atoms with Crippen LogP contribution >= 0.6 is 0 Å². The van der Waals surface area contributed by atoms with E-state index in [1.807, 2.05) is 6.92 Å². The fourth-order valence-electron chi connectivity index (χ4n) is 2.87. The van der Waals surface area contributed by atoms with Crippen molar-refractivity contribution in [1.82, 2.24) is 10.4 Å². The van der Waals surface area contributed by atoms with Crippen LogP contribution in [0.4, 0.5) is 3.89 Å². The standard InChI is InChI=1S/C16H23FN2O4S/c1-12-6-8-13(9-7-12)16(21)18-19(10-11-24(17,22)23)14-4-2-3-5-15(14)20/h6-9,14-15,20H,2-5,10-11H2,1H3,(H,18,21)/t14-,15-/m0/s1. The number of nitrogens with one attached hydrogen (secondary N) is 1. The molecule has 1 saturated carbocycles. The van der Waals surface area contributed by atoms with E-state index in [9.17, 15) is 22.2 Å². The van der Waals surface area contributed by atoms with Crippen molar-refractivity contribution in [2.24, 2.45) is 0 Å². The van der Waals surface area contributed by atoms with Gasteiger partial charge in [0.2, 0.25) is 0 Å². The van der Waals surface area contributed by atoms with Gasteiger partial charge >= 0.3 is 10.2 Å². The fourth-order valence-corrected chi connectivity index (χ4v) is 3.28. The predicted molar refractivity (Wildman–Crippen MR) is 88.5 cm³/mol. The molecular formula is C16H23FN2O4S. The summed E-state index contributed by atoms with van der Waals surface area (Å²) in [4.78, 5) is 12.4. The van der Waals surface area contributed by atoms with Gasteiger partial charge in [-0.1, -0.05) is 30.5 Å². The van der Waals surface area contributed by atoms with Gasteiger partial charge in [-0.25, -0.2) is 5.01 Å².